The SMILES string of the molecule is CCOC(=O)CN(C(=O)c1cc(S(=O)(=O)N(C)C)ccc1I)C(C)C. The summed E-state index contributed by atoms with van der Waals surface area (Å²) in [6.45, 7) is 5.30. The van der Waals surface area contributed by atoms with Crippen molar-refractivity contribution in [1.29, 1.82) is 0 Å². The average molecular weight is 482 g/mol. The number of ether oxygens (including phenoxy) is 1. The molecule has 1 aromatic carbocycles. The Kier molecular flexibility index (Phi) is 7.82. The van der Waals surface area contributed by atoms with Crippen molar-refractivity contribution in [3.63, 3.8) is 0 Å². The summed E-state index contributed by atoms with van der Waals surface area (Å²) < 4.78 is 31.2. The summed E-state index contributed by atoms with van der Waals surface area (Å²) in [5.74, 6) is -0.917. The Labute approximate surface area is 162 Å². The largest absolute Gasteiger partial charge is 0.465 e. The van der Waals surface area contributed by atoms with Crippen LogP contribution in [0.15, 0.2) is 23.1 Å². The van der Waals surface area contributed by atoms with Crippen LogP contribution in [0.5, 0.6) is 0 Å². The predicted molar refractivity (Wildman–Crippen MR) is 103 cm³/mol. The maximum absolute atomic E-state index is 12.9. The molecule has 0 aliphatic rings. The molecule has 1 aromatic rings. The van der Waals surface area contributed by atoms with Crippen LogP contribution in [0.2, 0.25) is 0 Å². The molecule has 0 radical (unpaired) electrons. The number of sulfonamides is 1. The summed E-state index contributed by atoms with van der Waals surface area (Å²) in [6.07, 6.45) is 0. The van der Waals surface area contributed by atoms with E-state index in [2.05, 4.69) is 0 Å². The number of halogens is 1. The standard InChI is InChI=1S/C16H23IN2O5S/c1-6-24-15(20)10-19(11(2)3)16(21)13-9-12(7-8-14(13)17)25(22,23)18(4)5/h7-9,11H,6,10H2,1-5H3. The third-order valence-corrected chi connectivity index (χ3v) is 6.19. The van der Waals surface area contributed by atoms with Crippen LogP contribution in [0.4, 0.5) is 0 Å². The predicted octanol–water partition coefficient (Wildman–Crippen LogP) is 1.96. The van der Waals surface area contributed by atoms with Crippen molar-refractivity contribution in [2.24, 2.45) is 0 Å². The fraction of sp³-hybridized carbons (Fsp3) is 0.500. The van der Waals surface area contributed by atoms with Crippen LogP contribution < -0.4 is 0 Å². The van der Waals surface area contributed by atoms with Gasteiger partial charge in [0.2, 0.25) is 10.0 Å². The van der Waals surface area contributed by atoms with Gasteiger partial charge in [0.1, 0.15) is 6.54 Å². The van der Waals surface area contributed by atoms with Crippen LogP contribution in [0.3, 0.4) is 0 Å². The van der Waals surface area contributed by atoms with E-state index in [9.17, 15) is 18.0 Å². The van der Waals surface area contributed by atoms with Gasteiger partial charge < -0.3 is 9.64 Å². The van der Waals surface area contributed by atoms with Crippen molar-refractivity contribution in [1.82, 2.24) is 9.21 Å². The molecule has 0 saturated carbocycles. The molecule has 0 aliphatic heterocycles. The van der Waals surface area contributed by atoms with Crippen LogP contribution >= 0.6 is 22.6 Å². The van der Waals surface area contributed by atoms with Crippen molar-refractivity contribution < 1.29 is 22.7 Å². The lowest BCUT2D eigenvalue weighted by molar-refractivity contribution is -0.144. The zero-order chi connectivity index (χ0) is 19.4. The second-order valence-corrected chi connectivity index (χ2v) is 9.07. The van der Waals surface area contributed by atoms with Gasteiger partial charge in [-0.05, 0) is 61.6 Å². The fourth-order valence-corrected chi connectivity index (χ4v) is 3.52. The second-order valence-electron chi connectivity index (χ2n) is 5.76. The molecule has 0 bridgehead atoms. The van der Waals surface area contributed by atoms with Gasteiger partial charge in [0.15, 0.2) is 0 Å². The monoisotopic (exact) mass is 482 g/mol. The number of rotatable bonds is 7. The molecule has 7 nitrogen and oxygen atoms in total. The number of hydrogen-bond donors (Lipinski definition) is 0. The van der Waals surface area contributed by atoms with E-state index < -0.39 is 21.9 Å². The minimum Gasteiger partial charge on any atom is -0.465 e. The molecular formula is C16H23IN2O5S. The van der Waals surface area contributed by atoms with Gasteiger partial charge in [-0.3, -0.25) is 9.59 Å². The normalized spacial score (nSPS) is 11.7. The topological polar surface area (TPSA) is 84.0 Å². The highest BCUT2D eigenvalue weighted by atomic mass is 127. The Morgan fingerprint density at radius 3 is 2.32 bits per heavy atom. The molecule has 1 rings (SSSR count). The van der Waals surface area contributed by atoms with Crippen molar-refractivity contribution in [2.45, 2.75) is 31.7 Å². The smallest absolute Gasteiger partial charge is 0.325 e. The minimum atomic E-state index is -3.66. The second kappa shape index (κ2) is 8.95. The van der Waals surface area contributed by atoms with Gasteiger partial charge in [-0.15, -0.1) is 0 Å². The number of carbonyl (C=O) groups excluding carboxylic acids is 2. The molecule has 9 heteroatoms. The van der Waals surface area contributed by atoms with E-state index in [0.29, 0.717) is 3.57 Å². The Bertz CT molecular complexity index is 747. The third kappa shape index (κ3) is 5.38. The summed E-state index contributed by atoms with van der Waals surface area (Å²) in [5.41, 5.74) is 0.238. The first kappa shape index (κ1) is 21.8. The molecule has 0 fully saturated rings. The summed E-state index contributed by atoms with van der Waals surface area (Å²) >= 11 is 1.97. The molecular weight excluding hydrogens is 459 g/mol. The maximum Gasteiger partial charge on any atom is 0.325 e. The van der Waals surface area contributed by atoms with Crippen LogP contribution in [0, 0.1) is 3.57 Å². The molecule has 0 unspecified atom stereocenters. The summed E-state index contributed by atoms with van der Waals surface area (Å²) in [7, 11) is -0.807. The van der Waals surface area contributed by atoms with E-state index >= 15 is 0 Å². The highest BCUT2D eigenvalue weighted by Crippen LogP contribution is 2.22. The molecule has 0 heterocycles. The molecule has 0 N–H and O–H groups in total. The lowest BCUT2D eigenvalue weighted by Crippen LogP contribution is -2.41. The number of carbonyl (C=O) groups is 2. The van der Waals surface area contributed by atoms with Gasteiger partial charge >= 0.3 is 5.97 Å². The first-order chi connectivity index (χ1) is 11.5. The van der Waals surface area contributed by atoms with Gasteiger partial charge in [0.05, 0.1) is 17.1 Å². The quantitative estimate of drug-likeness (QED) is 0.439. The number of amides is 1. The molecule has 1 amide bonds. The van der Waals surface area contributed by atoms with Gasteiger partial charge in [-0.25, -0.2) is 12.7 Å². The molecule has 0 saturated heterocycles. The van der Waals surface area contributed by atoms with E-state index in [4.69, 9.17) is 4.74 Å². The summed E-state index contributed by atoms with van der Waals surface area (Å²) in [6, 6.07) is 4.13. The minimum absolute atomic E-state index is 0.0288. The first-order valence-corrected chi connectivity index (χ1v) is 10.2. The maximum atomic E-state index is 12.9. The average Bonchev–Trinajstić information content (AvgIpc) is 2.52. The van der Waals surface area contributed by atoms with Crippen molar-refractivity contribution in [3.8, 4) is 0 Å². The summed E-state index contributed by atoms with van der Waals surface area (Å²) in [5, 5.41) is 0. The van der Waals surface area contributed by atoms with Gasteiger partial charge in [-0.2, -0.15) is 0 Å². The van der Waals surface area contributed by atoms with E-state index in [1.54, 1.807) is 26.8 Å². The van der Waals surface area contributed by atoms with E-state index in [0.717, 1.165) is 4.31 Å². The zero-order valence-electron chi connectivity index (χ0n) is 14.9. The Morgan fingerprint density at radius 2 is 1.84 bits per heavy atom. The Hall–Kier alpha value is -1.20. The van der Waals surface area contributed by atoms with Crippen molar-refractivity contribution in [3.05, 3.63) is 27.3 Å². The van der Waals surface area contributed by atoms with Gasteiger partial charge in [0, 0.05) is 23.7 Å². The number of hydrogen-bond acceptors (Lipinski definition) is 5. The van der Waals surface area contributed by atoms with E-state index in [-0.39, 0.29) is 29.7 Å². The lowest BCUT2D eigenvalue weighted by Gasteiger charge is -2.26. The number of nitrogens with zero attached hydrogens (tertiary/aromatic N) is 2. The van der Waals surface area contributed by atoms with E-state index in [1.807, 2.05) is 22.6 Å². The van der Waals surface area contributed by atoms with Crippen LogP contribution in [-0.4, -0.2) is 62.8 Å². The molecule has 25 heavy (non-hydrogen) atoms. The first-order valence-electron chi connectivity index (χ1n) is 7.71. The number of esters is 1. The molecule has 0 aromatic heterocycles. The van der Waals surface area contributed by atoms with Crippen molar-refractivity contribution >= 4 is 44.5 Å². The van der Waals surface area contributed by atoms with Crippen LogP contribution in [0.1, 0.15) is 31.1 Å². The van der Waals surface area contributed by atoms with Crippen LogP contribution in [0.25, 0.3) is 0 Å². The third-order valence-electron chi connectivity index (χ3n) is 3.44. The van der Waals surface area contributed by atoms with Crippen LogP contribution in [-0.2, 0) is 19.6 Å². The van der Waals surface area contributed by atoms with Gasteiger partial charge in [0.25, 0.3) is 5.91 Å². The highest BCUT2D eigenvalue weighted by Gasteiger charge is 2.26. The summed E-state index contributed by atoms with van der Waals surface area (Å²) in [4.78, 5) is 26.1. The Morgan fingerprint density at radius 1 is 1.24 bits per heavy atom. The van der Waals surface area contributed by atoms with Crippen molar-refractivity contribution in [2.75, 3.05) is 27.2 Å². The van der Waals surface area contributed by atoms with Gasteiger partial charge in [-0.1, -0.05) is 0 Å². The molecule has 140 valence electrons. The van der Waals surface area contributed by atoms with E-state index in [1.165, 1.54) is 31.1 Å². The molecule has 0 atom stereocenters. The number of benzene rings is 1. The Balaban J connectivity index is 3.28. The fourth-order valence-electron chi connectivity index (χ4n) is 2.03. The lowest BCUT2D eigenvalue weighted by atomic mass is 10.1. The molecule has 0 aliphatic carbocycles. The highest BCUT2D eigenvalue weighted by molar-refractivity contribution is 14.1. The zero-order valence-corrected chi connectivity index (χ0v) is 17.9. The molecule has 0 spiro atoms.